The summed E-state index contributed by atoms with van der Waals surface area (Å²) in [6.45, 7) is 1.84. The lowest BCUT2D eigenvalue weighted by Crippen LogP contribution is -2.31. The van der Waals surface area contributed by atoms with E-state index < -0.39 is 23.4 Å². The van der Waals surface area contributed by atoms with Crippen LogP contribution in [-0.4, -0.2) is 38.5 Å². The first kappa shape index (κ1) is 22.1. The highest BCUT2D eigenvalue weighted by Gasteiger charge is 2.33. The van der Waals surface area contributed by atoms with Crippen LogP contribution in [0.4, 0.5) is 18.9 Å². The molecule has 32 heavy (non-hydrogen) atoms. The highest BCUT2D eigenvalue weighted by molar-refractivity contribution is 6.05. The van der Waals surface area contributed by atoms with E-state index in [2.05, 4.69) is 15.4 Å². The van der Waals surface area contributed by atoms with Gasteiger partial charge >= 0.3 is 6.18 Å². The molecule has 1 aliphatic carbocycles. The van der Waals surface area contributed by atoms with E-state index in [1.54, 1.807) is 12.1 Å². The van der Waals surface area contributed by atoms with Gasteiger partial charge < -0.3 is 15.2 Å². The molecule has 0 bridgehead atoms. The lowest BCUT2D eigenvalue weighted by atomic mass is 9.84. The van der Waals surface area contributed by atoms with Gasteiger partial charge in [0, 0.05) is 17.6 Å². The van der Waals surface area contributed by atoms with Crippen molar-refractivity contribution in [3.8, 4) is 5.75 Å². The molecule has 170 valence electrons. The molecule has 0 saturated heterocycles. The van der Waals surface area contributed by atoms with E-state index in [1.165, 1.54) is 13.2 Å². The third-order valence-corrected chi connectivity index (χ3v) is 5.77. The number of nitrogens with one attached hydrogen (secondary N) is 1. The summed E-state index contributed by atoms with van der Waals surface area (Å²) >= 11 is 0. The molecule has 7 nitrogen and oxygen atoms in total. The fourth-order valence-electron chi connectivity index (χ4n) is 3.92. The average molecular weight is 448 g/mol. The number of pyridine rings is 1. The van der Waals surface area contributed by atoms with Crippen LogP contribution in [0, 0.1) is 0 Å². The zero-order chi connectivity index (χ0) is 23.1. The normalized spacial score (nSPS) is 21.5. The Morgan fingerprint density at radius 3 is 2.66 bits per heavy atom. The molecule has 10 heteroatoms. The number of nitrogens with zero attached hydrogens (tertiary/aromatic N) is 3. The molecule has 0 spiro atoms. The zero-order valence-corrected chi connectivity index (χ0v) is 17.6. The Labute approximate surface area is 182 Å². The smallest absolute Gasteiger partial charge is 0.433 e. The van der Waals surface area contributed by atoms with E-state index in [0.29, 0.717) is 29.8 Å². The number of amides is 1. The molecule has 3 aromatic rings. The Kier molecular flexibility index (Phi) is 5.58. The molecule has 2 N–H and O–H groups in total. The number of anilines is 1. The van der Waals surface area contributed by atoms with E-state index in [0.717, 1.165) is 30.4 Å². The maximum Gasteiger partial charge on any atom is 0.433 e. The van der Waals surface area contributed by atoms with Crippen LogP contribution < -0.4 is 10.1 Å². The van der Waals surface area contributed by atoms with E-state index in [1.807, 2.05) is 17.8 Å². The minimum Gasteiger partial charge on any atom is -0.494 e. The van der Waals surface area contributed by atoms with Crippen LogP contribution in [-0.2, 0) is 6.18 Å². The molecule has 1 saturated carbocycles. The second-order valence-electron chi connectivity index (χ2n) is 8.31. The largest absolute Gasteiger partial charge is 0.494 e. The van der Waals surface area contributed by atoms with E-state index in [4.69, 9.17) is 4.74 Å². The second-order valence-corrected chi connectivity index (χ2v) is 8.31. The van der Waals surface area contributed by atoms with Crippen LogP contribution in [0.1, 0.15) is 54.8 Å². The van der Waals surface area contributed by atoms with Crippen molar-refractivity contribution in [1.82, 2.24) is 14.8 Å². The number of hydrogen-bond acceptors (Lipinski definition) is 5. The summed E-state index contributed by atoms with van der Waals surface area (Å²) in [5.41, 5.74) is -1.18. The lowest BCUT2D eigenvalue weighted by Gasteiger charge is -2.33. The van der Waals surface area contributed by atoms with Crippen LogP contribution >= 0.6 is 0 Å². The third-order valence-electron chi connectivity index (χ3n) is 5.77. The Balaban J connectivity index is 1.59. The van der Waals surface area contributed by atoms with Crippen molar-refractivity contribution in [2.75, 3.05) is 12.4 Å². The van der Waals surface area contributed by atoms with Crippen molar-refractivity contribution in [3.63, 3.8) is 0 Å². The van der Waals surface area contributed by atoms with Crippen LogP contribution in [0.25, 0.3) is 10.9 Å². The van der Waals surface area contributed by atoms with Gasteiger partial charge in [-0.25, -0.2) is 4.98 Å². The predicted molar refractivity (Wildman–Crippen MR) is 112 cm³/mol. The molecule has 1 amide bonds. The lowest BCUT2D eigenvalue weighted by molar-refractivity contribution is -0.141. The molecule has 1 aromatic carbocycles. The van der Waals surface area contributed by atoms with Gasteiger partial charge in [-0.2, -0.15) is 18.3 Å². The van der Waals surface area contributed by atoms with E-state index in [-0.39, 0.29) is 11.7 Å². The number of carbonyl (C=O) groups excluding carboxylic acids is 1. The summed E-state index contributed by atoms with van der Waals surface area (Å²) in [4.78, 5) is 16.0. The summed E-state index contributed by atoms with van der Waals surface area (Å²) in [5, 5.41) is 18.1. The summed E-state index contributed by atoms with van der Waals surface area (Å²) in [6, 6.07) is 6.65. The van der Waals surface area contributed by atoms with Crippen molar-refractivity contribution in [3.05, 3.63) is 47.9 Å². The van der Waals surface area contributed by atoms with Gasteiger partial charge in [0.25, 0.3) is 5.91 Å². The first-order chi connectivity index (χ1) is 15.1. The molecule has 4 rings (SSSR count). The van der Waals surface area contributed by atoms with Gasteiger partial charge in [-0.3, -0.25) is 9.48 Å². The topological polar surface area (TPSA) is 89.3 Å². The Morgan fingerprint density at radius 2 is 2.00 bits per heavy atom. The number of aromatic nitrogens is 3. The minimum absolute atomic E-state index is 0.154. The van der Waals surface area contributed by atoms with Crippen molar-refractivity contribution in [1.29, 1.82) is 0 Å². The van der Waals surface area contributed by atoms with Crippen LogP contribution in [0.2, 0.25) is 0 Å². The number of fused-ring (bicyclic) bond motifs is 1. The van der Waals surface area contributed by atoms with Gasteiger partial charge in [-0.1, -0.05) is 6.07 Å². The number of aliphatic hydroxyl groups is 1. The fourth-order valence-corrected chi connectivity index (χ4v) is 3.92. The fraction of sp³-hybridized carbons (Fsp3) is 0.409. The molecule has 0 atom stereocenters. The number of hydrogen-bond donors (Lipinski definition) is 2. The maximum atomic E-state index is 12.9. The molecular weight excluding hydrogens is 425 g/mol. The predicted octanol–water partition coefficient (Wildman–Crippen LogP) is 4.58. The first-order valence-electron chi connectivity index (χ1n) is 10.2. The Bertz CT molecular complexity index is 1150. The molecule has 1 aliphatic rings. The summed E-state index contributed by atoms with van der Waals surface area (Å²) in [6.07, 6.45) is 0.169. The zero-order valence-electron chi connectivity index (χ0n) is 17.6. The number of benzene rings is 1. The summed E-state index contributed by atoms with van der Waals surface area (Å²) < 4.78 is 46.0. The van der Waals surface area contributed by atoms with Crippen molar-refractivity contribution in [2.45, 2.75) is 50.4 Å². The van der Waals surface area contributed by atoms with E-state index in [9.17, 15) is 23.1 Å². The quantitative estimate of drug-likeness (QED) is 0.610. The highest BCUT2D eigenvalue weighted by atomic mass is 19.4. The monoisotopic (exact) mass is 448 g/mol. The van der Waals surface area contributed by atoms with Crippen molar-refractivity contribution >= 4 is 22.5 Å². The summed E-state index contributed by atoms with van der Waals surface area (Å²) in [5.74, 6) is -0.453. The van der Waals surface area contributed by atoms with Gasteiger partial charge in [0.05, 0.1) is 30.0 Å². The molecular formula is C22H23F3N4O3. The number of halogens is 3. The number of methoxy groups -OCH3 is 1. The Hall–Kier alpha value is -3.14. The van der Waals surface area contributed by atoms with Gasteiger partial charge in [0.15, 0.2) is 0 Å². The number of rotatable bonds is 4. The van der Waals surface area contributed by atoms with Crippen LogP contribution in [0.3, 0.4) is 0 Å². The Morgan fingerprint density at radius 1 is 1.28 bits per heavy atom. The highest BCUT2D eigenvalue weighted by Crippen LogP contribution is 2.36. The molecule has 2 heterocycles. The molecule has 0 radical (unpaired) electrons. The number of ether oxygens (including phenoxy) is 1. The minimum atomic E-state index is -4.64. The van der Waals surface area contributed by atoms with Crippen molar-refractivity contribution < 1.29 is 27.8 Å². The van der Waals surface area contributed by atoms with Crippen LogP contribution in [0.5, 0.6) is 5.75 Å². The van der Waals surface area contributed by atoms with Gasteiger partial charge in [0.1, 0.15) is 17.1 Å². The third kappa shape index (κ3) is 4.55. The van der Waals surface area contributed by atoms with Crippen LogP contribution in [0.15, 0.2) is 36.5 Å². The number of alkyl halides is 3. The molecule has 0 aliphatic heterocycles. The van der Waals surface area contributed by atoms with E-state index >= 15 is 0 Å². The molecule has 1 fully saturated rings. The molecule has 0 unspecified atom stereocenters. The van der Waals surface area contributed by atoms with Gasteiger partial charge in [0.2, 0.25) is 0 Å². The van der Waals surface area contributed by atoms with Crippen molar-refractivity contribution in [2.24, 2.45) is 0 Å². The molecule has 2 aromatic heterocycles. The second kappa shape index (κ2) is 8.09. The maximum absolute atomic E-state index is 12.9. The van der Waals surface area contributed by atoms with Gasteiger partial charge in [-0.15, -0.1) is 0 Å². The SMILES string of the molecule is COc1cc2nn([C@H]3CC[C@](C)(O)CC3)cc2cc1NC(=O)c1cccc(C(F)(F)F)n1. The standard InChI is InChI=1S/C22H23F3N4O3/c1-21(31)8-6-14(7-9-21)29-12-13-10-17(18(32-2)11-16(13)28-29)27-20(30)15-4-3-5-19(26-15)22(23,24)25/h3-5,10-12,14,31H,6-9H2,1-2H3,(H,27,30)/t14-,21-. The first-order valence-corrected chi connectivity index (χ1v) is 10.2. The number of carbonyl (C=O) groups is 1. The summed E-state index contributed by atoms with van der Waals surface area (Å²) in [7, 11) is 1.43. The van der Waals surface area contributed by atoms with Gasteiger partial charge in [-0.05, 0) is 50.8 Å². The average Bonchev–Trinajstić information content (AvgIpc) is 3.15.